The second kappa shape index (κ2) is 7.56. The molecular weight excluding hydrogens is 360 g/mol. The smallest absolute Gasteiger partial charge is 0.240 e. The van der Waals surface area contributed by atoms with Gasteiger partial charge in [0.1, 0.15) is 0 Å². The van der Waals surface area contributed by atoms with Crippen LogP contribution in [0.2, 0.25) is 5.02 Å². The van der Waals surface area contributed by atoms with Gasteiger partial charge < -0.3 is 4.90 Å². The topological polar surface area (TPSA) is 66.5 Å². The maximum atomic E-state index is 12.4. The van der Waals surface area contributed by atoms with Crippen molar-refractivity contribution in [3.63, 3.8) is 0 Å². The molecule has 0 aliphatic carbocycles. The van der Waals surface area contributed by atoms with Crippen molar-refractivity contribution in [1.29, 1.82) is 0 Å². The summed E-state index contributed by atoms with van der Waals surface area (Å²) in [7, 11) is -3.57. The molecule has 1 fully saturated rings. The molecule has 25 heavy (non-hydrogen) atoms. The van der Waals surface area contributed by atoms with Gasteiger partial charge in [0, 0.05) is 30.2 Å². The summed E-state index contributed by atoms with van der Waals surface area (Å²) in [6.07, 6.45) is 1.97. The highest BCUT2D eigenvalue weighted by Crippen LogP contribution is 2.22. The van der Waals surface area contributed by atoms with E-state index in [-0.39, 0.29) is 10.8 Å². The van der Waals surface area contributed by atoms with Crippen LogP contribution in [0.1, 0.15) is 18.4 Å². The van der Waals surface area contributed by atoms with E-state index in [1.807, 2.05) is 12.1 Å². The summed E-state index contributed by atoms with van der Waals surface area (Å²) in [5.74, 6) is 0.0803. The van der Waals surface area contributed by atoms with Gasteiger partial charge in [0.05, 0.1) is 4.90 Å². The number of amides is 1. The van der Waals surface area contributed by atoms with Crippen molar-refractivity contribution < 1.29 is 13.2 Å². The number of carbonyl (C=O) groups is 1. The zero-order valence-corrected chi connectivity index (χ0v) is 15.2. The quantitative estimate of drug-likeness (QED) is 0.840. The van der Waals surface area contributed by atoms with Crippen LogP contribution in [0.15, 0.2) is 53.4 Å². The molecule has 0 radical (unpaired) electrons. The summed E-state index contributed by atoms with van der Waals surface area (Å²) >= 11 is 5.83. The fourth-order valence-corrected chi connectivity index (χ4v) is 3.95. The Hall–Kier alpha value is -1.89. The third-order valence-electron chi connectivity index (χ3n) is 4.15. The van der Waals surface area contributed by atoms with E-state index in [9.17, 15) is 13.2 Å². The van der Waals surface area contributed by atoms with Crippen molar-refractivity contribution in [3.05, 3.63) is 59.1 Å². The van der Waals surface area contributed by atoms with Crippen LogP contribution in [0.25, 0.3) is 0 Å². The lowest BCUT2D eigenvalue weighted by Crippen LogP contribution is -2.26. The summed E-state index contributed by atoms with van der Waals surface area (Å²) in [6.45, 7) is 0.987. The van der Waals surface area contributed by atoms with E-state index in [1.165, 1.54) is 12.1 Å². The number of hydrogen-bond donors (Lipinski definition) is 1. The molecule has 0 saturated carbocycles. The number of nitrogens with zero attached hydrogens (tertiary/aromatic N) is 1. The minimum absolute atomic E-state index is 0.0803. The first-order valence-electron chi connectivity index (χ1n) is 8.10. The number of sulfonamides is 1. The molecule has 132 valence electrons. The molecule has 0 atom stereocenters. The average molecular weight is 379 g/mol. The van der Waals surface area contributed by atoms with Gasteiger partial charge in [0.15, 0.2) is 0 Å². The molecule has 1 N–H and O–H groups in total. The zero-order valence-electron chi connectivity index (χ0n) is 13.6. The monoisotopic (exact) mass is 378 g/mol. The van der Waals surface area contributed by atoms with Crippen LogP contribution in [0.4, 0.5) is 5.69 Å². The van der Waals surface area contributed by atoms with Crippen LogP contribution in [0.3, 0.4) is 0 Å². The van der Waals surface area contributed by atoms with Gasteiger partial charge in [0.25, 0.3) is 0 Å². The lowest BCUT2D eigenvalue weighted by molar-refractivity contribution is -0.117. The molecule has 1 saturated heterocycles. The largest absolute Gasteiger partial charge is 0.312 e. The maximum absolute atomic E-state index is 12.4. The van der Waals surface area contributed by atoms with Gasteiger partial charge in [-0.2, -0.15) is 0 Å². The van der Waals surface area contributed by atoms with E-state index in [2.05, 4.69) is 4.72 Å². The van der Waals surface area contributed by atoms with Gasteiger partial charge in [-0.1, -0.05) is 23.7 Å². The Bertz CT molecular complexity index is 849. The van der Waals surface area contributed by atoms with Crippen LogP contribution in [-0.4, -0.2) is 27.4 Å². The number of halogens is 1. The van der Waals surface area contributed by atoms with Gasteiger partial charge in [0.2, 0.25) is 15.9 Å². The minimum Gasteiger partial charge on any atom is -0.312 e. The summed E-state index contributed by atoms with van der Waals surface area (Å²) in [5.41, 5.74) is 1.75. The molecule has 2 aromatic carbocycles. The Kier molecular flexibility index (Phi) is 5.42. The third-order valence-corrected chi connectivity index (χ3v) is 5.88. The standard InChI is InChI=1S/C18H19ClN2O3S/c19-15-5-3-14(4-6-15)11-12-20-25(23,24)17-9-7-16(8-10-17)21-13-1-2-18(21)22/h3-10,20H,1-2,11-13H2. The number of nitrogens with one attached hydrogen (secondary N) is 1. The molecule has 7 heteroatoms. The van der Waals surface area contributed by atoms with Crippen LogP contribution in [-0.2, 0) is 21.2 Å². The van der Waals surface area contributed by atoms with E-state index < -0.39 is 10.0 Å². The van der Waals surface area contributed by atoms with Gasteiger partial charge in [-0.25, -0.2) is 13.1 Å². The van der Waals surface area contributed by atoms with Crippen LogP contribution >= 0.6 is 11.6 Å². The van der Waals surface area contributed by atoms with Crippen molar-refractivity contribution in [1.82, 2.24) is 4.72 Å². The lowest BCUT2D eigenvalue weighted by Gasteiger charge is -2.16. The van der Waals surface area contributed by atoms with Crippen molar-refractivity contribution in [2.75, 3.05) is 18.0 Å². The normalized spacial score (nSPS) is 14.9. The summed E-state index contributed by atoms with van der Waals surface area (Å²) in [4.78, 5) is 13.6. The molecule has 1 aliphatic heterocycles. The second-order valence-corrected chi connectivity index (χ2v) is 8.12. The number of benzene rings is 2. The predicted octanol–water partition coefficient (Wildman–Crippen LogP) is 2.99. The molecule has 0 unspecified atom stereocenters. The van der Waals surface area contributed by atoms with Gasteiger partial charge >= 0.3 is 0 Å². The molecule has 1 amide bonds. The Morgan fingerprint density at radius 3 is 2.32 bits per heavy atom. The Morgan fingerprint density at radius 2 is 1.72 bits per heavy atom. The van der Waals surface area contributed by atoms with Crippen molar-refractivity contribution in [2.24, 2.45) is 0 Å². The maximum Gasteiger partial charge on any atom is 0.240 e. The van der Waals surface area contributed by atoms with E-state index >= 15 is 0 Å². The van der Waals surface area contributed by atoms with Gasteiger partial charge in [-0.15, -0.1) is 0 Å². The molecule has 0 spiro atoms. The first-order valence-corrected chi connectivity index (χ1v) is 9.96. The van der Waals surface area contributed by atoms with Crippen molar-refractivity contribution in [3.8, 4) is 0 Å². The lowest BCUT2D eigenvalue weighted by atomic mass is 10.2. The number of carbonyl (C=O) groups excluding carboxylic acids is 1. The first kappa shape index (κ1) is 17.9. The molecule has 0 aromatic heterocycles. The van der Waals surface area contributed by atoms with Crippen LogP contribution < -0.4 is 9.62 Å². The SMILES string of the molecule is O=C1CCCN1c1ccc(S(=O)(=O)NCCc2ccc(Cl)cc2)cc1. The zero-order chi connectivity index (χ0) is 17.9. The number of hydrogen-bond acceptors (Lipinski definition) is 3. The molecule has 0 bridgehead atoms. The average Bonchev–Trinajstić information content (AvgIpc) is 3.03. The molecule has 5 nitrogen and oxygen atoms in total. The van der Waals surface area contributed by atoms with E-state index in [0.29, 0.717) is 31.0 Å². The van der Waals surface area contributed by atoms with Gasteiger partial charge in [-0.05, 0) is 54.8 Å². The van der Waals surface area contributed by atoms with Crippen LogP contribution in [0, 0.1) is 0 Å². The number of rotatable bonds is 6. The molecule has 1 heterocycles. The fraction of sp³-hybridized carbons (Fsp3) is 0.278. The Labute approximate surface area is 152 Å². The summed E-state index contributed by atoms with van der Waals surface area (Å²) < 4.78 is 27.3. The van der Waals surface area contributed by atoms with Crippen LogP contribution in [0.5, 0.6) is 0 Å². The van der Waals surface area contributed by atoms with E-state index in [1.54, 1.807) is 29.2 Å². The molecule has 2 aromatic rings. The highest BCUT2D eigenvalue weighted by Gasteiger charge is 2.22. The third kappa shape index (κ3) is 4.39. The van der Waals surface area contributed by atoms with Gasteiger partial charge in [-0.3, -0.25) is 4.79 Å². The molecule has 3 rings (SSSR count). The predicted molar refractivity (Wildman–Crippen MR) is 98.4 cm³/mol. The summed E-state index contributed by atoms with van der Waals surface area (Å²) in [5, 5.41) is 0.654. The first-order chi connectivity index (χ1) is 12.0. The minimum atomic E-state index is -3.57. The van der Waals surface area contributed by atoms with Crippen molar-refractivity contribution >= 4 is 33.2 Å². The van der Waals surface area contributed by atoms with E-state index in [0.717, 1.165) is 17.7 Å². The Morgan fingerprint density at radius 1 is 1.04 bits per heavy atom. The van der Waals surface area contributed by atoms with Crippen molar-refractivity contribution in [2.45, 2.75) is 24.2 Å². The highest BCUT2D eigenvalue weighted by atomic mass is 35.5. The summed E-state index contributed by atoms with van der Waals surface area (Å²) in [6, 6.07) is 13.7. The molecular formula is C18H19ClN2O3S. The molecule has 1 aliphatic rings. The number of anilines is 1. The Balaban J connectivity index is 1.61. The second-order valence-electron chi connectivity index (χ2n) is 5.92. The van der Waals surface area contributed by atoms with E-state index in [4.69, 9.17) is 11.6 Å². The highest BCUT2D eigenvalue weighted by molar-refractivity contribution is 7.89. The fourth-order valence-electron chi connectivity index (χ4n) is 2.79.